The molecular weight excluding hydrogens is 1470 g/mol. The molecule has 0 aliphatic carbocycles. The van der Waals surface area contributed by atoms with Gasteiger partial charge in [0, 0.05) is 34.1 Å². The van der Waals surface area contributed by atoms with Crippen molar-refractivity contribution in [2.75, 3.05) is 52.9 Å². The quantitative estimate of drug-likeness (QED) is 0.0331. The van der Waals surface area contributed by atoms with Gasteiger partial charge in [-0.05, 0) is 0 Å². The van der Waals surface area contributed by atoms with Crippen LogP contribution in [0.1, 0.15) is 34.1 Å². The molecule has 48 heteroatoms. The lowest BCUT2D eigenvalue weighted by Gasteiger charge is -2.52. The van der Waals surface area contributed by atoms with Crippen molar-refractivity contribution in [3.63, 3.8) is 0 Å². The smallest absolute Gasteiger partial charge is 0.364 e. The minimum Gasteiger partial charge on any atom is -0.477 e. The Morgan fingerprint density at radius 1 is 0.383 bits per heavy atom. The van der Waals surface area contributed by atoms with Crippen LogP contribution in [-0.2, 0) is 95.0 Å². The van der Waals surface area contributed by atoms with Crippen LogP contribution in [0.2, 0.25) is 0 Å². The molecule has 0 unspecified atom stereocenters. The summed E-state index contributed by atoms with van der Waals surface area (Å²) in [6.07, 6.45) is -78.4. The number of hydrogen-bond acceptors (Lipinski definition) is 43. The maximum absolute atomic E-state index is 13.7. The highest BCUT2D eigenvalue weighted by atomic mass is 16.8. The second-order valence-electron chi connectivity index (χ2n) is 26.8. The number of carbonyl (C=O) groups excluding carboxylic acids is 4. The molecule has 0 saturated carbocycles. The first-order valence-electron chi connectivity index (χ1n) is 33.7. The van der Waals surface area contributed by atoms with E-state index in [-0.39, 0.29) is 0 Å². The minimum absolute atomic E-state index is 0.826. The van der Waals surface area contributed by atoms with Gasteiger partial charge in [0.05, 0.1) is 65.0 Å². The Labute approximate surface area is 605 Å². The molecular formula is C59H98N4O44. The lowest BCUT2D eigenvalue weighted by atomic mass is 9.88. The number of rotatable bonds is 29. The normalized spacial score (nSPS) is 46.9. The Bertz CT molecular complexity index is 2870. The van der Waals surface area contributed by atoms with Crippen LogP contribution < -0.4 is 21.3 Å². The highest BCUT2D eigenvalue weighted by Crippen LogP contribution is 2.42. The van der Waals surface area contributed by atoms with Crippen LogP contribution in [0.5, 0.6) is 0 Å². The third-order valence-electron chi connectivity index (χ3n) is 19.2. The molecule has 48 nitrogen and oxygen atoms in total. The van der Waals surface area contributed by atoms with Crippen LogP contribution in [0.25, 0.3) is 0 Å². The zero-order valence-corrected chi connectivity index (χ0v) is 57.4. The first kappa shape index (κ1) is 88.4. The van der Waals surface area contributed by atoms with Crippen molar-refractivity contribution in [3.05, 3.63) is 0 Å². The number of ether oxygens (including phenoxy) is 15. The Morgan fingerprint density at radius 2 is 0.738 bits per heavy atom. The van der Waals surface area contributed by atoms with Gasteiger partial charge in [0.15, 0.2) is 44.0 Å². The van der Waals surface area contributed by atoms with E-state index in [2.05, 4.69) is 21.3 Å². The number of carbonyl (C=O) groups is 5. The van der Waals surface area contributed by atoms with E-state index in [1.165, 1.54) is 0 Å². The molecule has 0 aromatic heterocycles. The summed E-state index contributed by atoms with van der Waals surface area (Å²) in [7, 11) is 0. The highest BCUT2D eigenvalue weighted by molar-refractivity contribution is 5.77. The summed E-state index contributed by atoms with van der Waals surface area (Å²) in [5, 5.41) is 274. The molecule has 28 N–H and O–H groups in total. The summed E-state index contributed by atoms with van der Waals surface area (Å²) in [5.74, 6) is -9.29. The van der Waals surface area contributed by atoms with Crippen molar-refractivity contribution >= 4 is 29.6 Å². The monoisotopic (exact) mass is 1570 g/mol. The average Bonchev–Trinajstić information content (AvgIpc) is 0.750. The minimum atomic E-state index is -3.43. The number of aliphatic hydroxyl groups excluding tert-OH is 23. The molecule has 8 rings (SSSR count). The van der Waals surface area contributed by atoms with Crippen molar-refractivity contribution in [2.45, 2.75) is 285 Å². The van der Waals surface area contributed by atoms with Gasteiger partial charge < -0.3 is 215 Å². The maximum atomic E-state index is 13.7. The van der Waals surface area contributed by atoms with E-state index in [1.54, 1.807) is 0 Å². The van der Waals surface area contributed by atoms with Crippen molar-refractivity contribution < 1.29 is 218 Å². The molecule has 618 valence electrons. The number of aliphatic hydroxyl groups is 23. The van der Waals surface area contributed by atoms with E-state index in [9.17, 15) is 147 Å². The molecule has 8 fully saturated rings. The fourth-order valence-corrected chi connectivity index (χ4v) is 13.7. The molecule has 0 bridgehead atoms. The van der Waals surface area contributed by atoms with E-state index >= 15 is 0 Å². The Kier molecular flexibility index (Phi) is 31.5. The van der Waals surface area contributed by atoms with E-state index in [1.807, 2.05) is 0 Å². The second-order valence-corrected chi connectivity index (χ2v) is 26.8. The molecule has 8 aliphatic heterocycles. The Hall–Kier alpha value is -4.17. The highest BCUT2D eigenvalue weighted by Gasteiger charge is 2.63. The van der Waals surface area contributed by atoms with Crippen molar-refractivity contribution in [2.24, 2.45) is 0 Å². The van der Waals surface area contributed by atoms with Gasteiger partial charge >= 0.3 is 5.97 Å². The van der Waals surface area contributed by atoms with Gasteiger partial charge in [-0.15, -0.1) is 0 Å². The topological polar surface area (TPSA) is 757 Å². The van der Waals surface area contributed by atoms with Gasteiger partial charge in [0.1, 0.15) is 189 Å². The molecule has 8 aliphatic rings. The summed E-state index contributed by atoms with van der Waals surface area (Å²) in [5.41, 5.74) is 0. The molecule has 0 aromatic carbocycles. The summed E-state index contributed by atoms with van der Waals surface area (Å²) >= 11 is 0. The number of hydrogen-bond donors (Lipinski definition) is 28. The van der Waals surface area contributed by atoms with Crippen molar-refractivity contribution in [1.82, 2.24) is 21.3 Å². The van der Waals surface area contributed by atoms with Gasteiger partial charge in [0.25, 0.3) is 5.79 Å². The van der Waals surface area contributed by atoms with Gasteiger partial charge in [-0.3, -0.25) is 19.2 Å². The van der Waals surface area contributed by atoms with E-state index in [0.717, 1.165) is 27.7 Å². The average molecular weight is 1570 g/mol. The Balaban J connectivity index is 1.11. The van der Waals surface area contributed by atoms with Gasteiger partial charge in [-0.1, -0.05) is 0 Å². The third kappa shape index (κ3) is 19.6. The van der Waals surface area contributed by atoms with Crippen LogP contribution in [0.4, 0.5) is 0 Å². The molecule has 0 radical (unpaired) electrons. The molecule has 41 atom stereocenters. The van der Waals surface area contributed by atoms with E-state index < -0.39 is 340 Å². The van der Waals surface area contributed by atoms with Crippen LogP contribution in [-0.4, -0.2) is 456 Å². The first-order valence-corrected chi connectivity index (χ1v) is 33.7. The number of nitrogens with one attached hydrogen (secondary N) is 4. The van der Waals surface area contributed by atoms with Crippen LogP contribution >= 0.6 is 0 Å². The van der Waals surface area contributed by atoms with Crippen LogP contribution in [0.3, 0.4) is 0 Å². The van der Waals surface area contributed by atoms with Gasteiger partial charge in [-0.25, -0.2) is 4.79 Å². The molecule has 0 aromatic rings. The lowest BCUT2D eigenvalue weighted by Crippen LogP contribution is -2.72. The maximum Gasteiger partial charge on any atom is 0.364 e. The van der Waals surface area contributed by atoms with Crippen LogP contribution in [0, 0.1) is 0 Å². The van der Waals surface area contributed by atoms with Crippen molar-refractivity contribution in [1.29, 1.82) is 0 Å². The predicted molar refractivity (Wildman–Crippen MR) is 328 cm³/mol. The number of aliphatic carboxylic acids is 1. The third-order valence-corrected chi connectivity index (χ3v) is 19.2. The molecule has 8 heterocycles. The first-order chi connectivity index (χ1) is 50.4. The van der Waals surface area contributed by atoms with E-state index in [0.29, 0.717) is 0 Å². The zero-order valence-electron chi connectivity index (χ0n) is 57.4. The standard InChI is InChI=1S/C59H98N4O44/c1-14(71)60-27-18(75)5-59(58(91)92,106-47(27)31(77)19(76)6-64)107-50-43(89)57(99-25(12-70)46(50)103-53-28(61-15(2)72)36(82)32(78)20(7-65)95-53)101-44-24(11-69)98-52(30(38(44)84)63-17(4)74)93-13-26-35(81)49(42(88)56(100-26)102-45-23(10-68)94-51(90)40(86)39(45)85)105-55-41(87)48(34(80)22(9-67)97-55)104-54-29(62-16(3)73)37(83)33(79)21(8-66)96-54/h18-57,64-70,75-90H,5-13H2,1-4H3,(H,60,71)(H,61,72)(H,62,73)(H,63,74)(H,91,92)/t18-,19+,20+,21+,22+,23+,24+,25+,26+,27+,28+,29+,30+,31+,32-,33-,34-,35-,36+,37+,38+,39+,40+,41+,42+,43+,44+,45+,46-,47+,48-,49-,50+,51+,52+,53-,54-,55+,56-,57-,59-/m0/s1. The fraction of sp³-hybridized carbons (Fsp3) is 0.915. The molecule has 0 spiro atoms. The number of carboxylic acid groups (broad SMARTS) is 1. The Morgan fingerprint density at radius 3 is 1.20 bits per heavy atom. The zero-order chi connectivity index (χ0) is 79.3. The van der Waals surface area contributed by atoms with Crippen molar-refractivity contribution in [3.8, 4) is 0 Å². The predicted octanol–water partition coefficient (Wildman–Crippen LogP) is -18.7. The summed E-state index contributed by atoms with van der Waals surface area (Å²) in [4.78, 5) is 64.0. The van der Waals surface area contributed by atoms with Crippen LogP contribution in [0.15, 0.2) is 0 Å². The van der Waals surface area contributed by atoms with E-state index in [4.69, 9.17) is 71.1 Å². The molecule has 4 amide bonds. The summed E-state index contributed by atoms with van der Waals surface area (Å²) in [6.45, 7) is -5.35. The largest absolute Gasteiger partial charge is 0.477 e. The number of carboxylic acids is 1. The second kappa shape index (κ2) is 38.1. The van der Waals surface area contributed by atoms with Gasteiger partial charge in [0.2, 0.25) is 23.6 Å². The molecule has 8 saturated heterocycles. The number of amides is 4. The summed E-state index contributed by atoms with van der Waals surface area (Å²) in [6, 6.07) is -7.35. The fourth-order valence-electron chi connectivity index (χ4n) is 13.7. The molecule has 107 heavy (non-hydrogen) atoms. The SMILES string of the molecule is CC(=O)N[C@H]1[C@H](OC[C@H]2O[C@@H](O[C@H]3[C@H](O)[C@@H](O)[C@H](O)O[C@@H]3CO)[C@H](O)[C@@H](O[C@H]3O[C@H](CO)[C@H](O)[C@H](O[C@@H]4O[C@H](CO)[C@H](O)[C@H](O)[C@H]4NC(C)=O)[C@H]3O)[C@H]2O)O[C@H](CO)[C@@H](O[C@@H]2O[C@H](CO)[C@H](O[C@@H]3O[C@H](CO)[C@H](O)[C@H](O)[C@H]3NC(C)=O)[C@H](O[C@]3(C(=O)O)C[C@H](O)[C@@H](NC(C)=O)[C@H]([C@H](O)[C@H](O)CO)O3)[C@H]2O)[C@@H]1O. The van der Waals surface area contributed by atoms with Gasteiger partial charge in [-0.2, -0.15) is 0 Å². The summed E-state index contributed by atoms with van der Waals surface area (Å²) < 4.78 is 88.0. The lowest BCUT2D eigenvalue weighted by molar-refractivity contribution is -0.399.